The van der Waals surface area contributed by atoms with Gasteiger partial charge in [0.1, 0.15) is 5.04 Å². The van der Waals surface area contributed by atoms with Gasteiger partial charge in [-0.05, 0) is 18.4 Å². The van der Waals surface area contributed by atoms with Gasteiger partial charge in [0.25, 0.3) is 0 Å². The summed E-state index contributed by atoms with van der Waals surface area (Å²) in [4.78, 5) is 0. The largest absolute Gasteiger partial charge is 0.402 e. The number of allylic oxidation sites excluding steroid dienone is 2. The minimum Gasteiger partial charge on any atom is -0.402 e. The van der Waals surface area contributed by atoms with Crippen LogP contribution in [0.3, 0.4) is 0 Å². The Balaban J connectivity index is 2.95. The van der Waals surface area contributed by atoms with Crippen molar-refractivity contribution in [3.05, 3.63) is 22.8 Å². The first-order valence-corrected chi connectivity index (χ1v) is 3.48. The van der Waals surface area contributed by atoms with E-state index in [1.54, 1.807) is 6.92 Å². The van der Waals surface area contributed by atoms with E-state index in [1.165, 1.54) is 11.8 Å². The molecular formula is C6H8N2S. The fourth-order valence-electron chi connectivity index (χ4n) is 0.620. The molecule has 0 aromatic rings. The van der Waals surface area contributed by atoms with Crippen molar-refractivity contribution >= 4 is 16.8 Å². The van der Waals surface area contributed by atoms with Gasteiger partial charge in [0.2, 0.25) is 0 Å². The van der Waals surface area contributed by atoms with Gasteiger partial charge in [-0.1, -0.05) is 11.8 Å². The smallest absolute Gasteiger partial charge is 0.100 e. The molecule has 1 aliphatic rings. The summed E-state index contributed by atoms with van der Waals surface area (Å²) in [5.41, 5.74) is 7.05. The van der Waals surface area contributed by atoms with E-state index in [4.69, 9.17) is 11.1 Å². The zero-order valence-electron chi connectivity index (χ0n) is 5.14. The summed E-state index contributed by atoms with van der Waals surface area (Å²) in [7, 11) is 0. The Kier molecular flexibility index (Phi) is 1.62. The molecule has 0 radical (unpaired) electrons. The van der Waals surface area contributed by atoms with Crippen LogP contribution in [0.2, 0.25) is 0 Å². The van der Waals surface area contributed by atoms with Crippen molar-refractivity contribution in [3.8, 4) is 0 Å². The van der Waals surface area contributed by atoms with Gasteiger partial charge in [-0.3, -0.25) is 5.41 Å². The molecule has 0 atom stereocenters. The van der Waals surface area contributed by atoms with E-state index in [9.17, 15) is 0 Å². The zero-order valence-corrected chi connectivity index (χ0v) is 5.96. The Hall–Kier alpha value is -0.700. The molecule has 0 aromatic carbocycles. The molecule has 1 heterocycles. The second-order valence-electron chi connectivity index (χ2n) is 1.85. The molecule has 3 N–H and O–H groups in total. The van der Waals surface area contributed by atoms with Crippen molar-refractivity contribution in [2.24, 2.45) is 5.73 Å². The molecule has 0 saturated heterocycles. The van der Waals surface area contributed by atoms with Crippen molar-refractivity contribution in [1.29, 1.82) is 5.41 Å². The maximum atomic E-state index is 7.30. The summed E-state index contributed by atoms with van der Waals surface area (Å²) < 4.78 is 0. The molecule has 48 valence electrons. The van der Waals surface area contributed by atoms with Crippen molar-refractivity contribution < 1.29 is 0 Å². The highest BCUT2D eigenvalue weighted by molar-refractivity contribution is 8.17. The lowest BCUT2D eigenvalue weighted by atomic mass is 10.2. The third kappa shape index (κ3) is 1.16. The second kappa shape index (κ2) is 2.27. The van der Waals surface area contributed by atoms with Crippen LogP contribution in [0.15, 0.2) is 22.8 Å². The van der Waals surface area contributed by atoms with Crippen LogP contribution in [0.5, 0.6) is 0 Å². The Labute approximate surface area is 58.3 Å². The molecule has 2 nitrogen and oxygen atoms in total. The van der Waals surface area contributed by atoms with Crippen LogP contribution >= 0.6 is 11.8 Å². The third-order valence-electron chi connectivity index (χ3n) is 1.09. The quantitative estimate of drug-likeness (QED) is 0.535. The Bertz CT molecular complexity index is 199. The van der Waals surface area contributed by atoms with Gasteiger partial charge in [-0.15, -0.1) is 0 Å². The van der Waals surface area contributed by atoms with Crippen LogP contribution in [0.25, 0.3) is 0 Å². The highest BCUT2D eigenvalue weighted by Gasteiger charge is 2.08. The summed E-state index contributed by atoms with van der Waals surface area (Å²) in [6.07, 6.45) is 1.86. The van der Waals surface area contributed by atoms with Crippen molar-refractivity contribution in [3.63, 3.8) is 0 Å². The highest BCUT2D eigenvalue weighted by atomic mass is 32.2. The minimum atomic E-state index is 0.551. The Morgan fingerprint density at radius 1 is 1.78 bits per heavy atom. The standard InChI is InChI=1S/C6H8N2S/c1-4(7)5-2-3-9-6(5)8/h2-3,8H,7H2,1H3/b5-4-,8-6?. The van der Waals surface area contributed by atoms with E-state index in [0.717, 1.165) is 11.3 Å². The number of nitrogens with one attached hydrogen (secondary N) is 1. The lowest BCUT2D eigenvalue weighted by Crippen LogP contribution is -1.99. The molecule has 1 rings (SSSR count). The summed E-state index contributed by atoms with van der Waals surface area (Å²) >= 11 is 1.40. The number of nitrogens with two attached hydrogens (primary N) is 1. The number of hydrogen-bond donors (Lipinski definition) is 2. The average molecular weight is 140 g/mol. The Morgan fingerprint density at radius 2 is 2.44 bits per heavy atom. The average Bonchev–Trinajstić information content (AvgIpc) is 2.13. The van der Waals surface area contributed by atoms with Crippen molar-refractivity contribution in [1.82, 2.24) is 0 Å². The summed E-state index contributed by atoms with van der Waals surface area (Å²) in [5.74, 6) is 0. The first-order chi connectivity index (χ1) is 4.22. The van der Waals surface area contributed by atoms with Crippen molar-refractivity contribution in [2.45, 2.75) is 6.92 Å². The zero-order chi connectivity index (χ0) is 6.85. The van der Waals surface area contributed by atoms with Gasteiger partial charge < -0.3 is 5.73 Å². The molecule has 0 spiro atoms. The first-order valence-electron chi connectivity index (χ1n) is 2.60. The first kappa shape index (κ1) is 6.42. The normalized spacial score (nSPS) is 23.0. The molecule has 0 amide bonds. The van der Waals surface area contributed by atoms with Gasteiger partial charge in [-0.2, -0.15) is 0 Å². The van der Waals surface area contributed by atoms with Crippen LogP contribution in [0.1, 0.15) is 6.92 Å². The van der Waals surface area contributed by atoms with Gasteiger partial charge in [-0.25, -0.2) is 0 Å². The molecule has 0 aliphatic carbocycles. The summed E-state index contributed by atoms with van der Waals surface area (Å²) in [6, 6.07) is 0. The van der Waals surface area contributed by atoms with E-state index in [2.05, 4.69) is 0 Å². The maximum Gasteiger partial charge on any atom is 0.100 e. The highest BCUT2D eigenvalue weighted by Crippen LogP contribution is 2.22. The van der Waals surface area contributed by atoms with Gasteiger partial charge in [0.05, 0.1) is 0 Å². The summed E-state index contributed by atoms with van der Waals surface area (Å²) in [5, 5.41) is 9.72. The minimum absolute atomic E-state index is 0.551. The molecule has 9 heavy (non-hydrogen) atoms. The van der Waals surface area contributed by atoms with Crippen LogP contribution < -0.4 is 5.73 Å². The molecule has 1 aliphatic heterocycles. The number of rotatable bonds is 0. The second-order valence-corrected chi connectivity index (χ2v) is 2.76. The van der Waals surface area contributed by atoms with Crippen LogP contribution in [-0.4, -0.2) is 5.04 Å². The van der Waals surface area contributed by atoms with Crippen LogP contribution in [0.4, 0.5) is 0 Å². The number of hydrogen-bond acceptors (Lipinski definition) is 3. The maximum absolute atomic E-state index is 7.30. The third-order valence-corrected chi connectivity index (χ3v) is 1.82. The van der Waals surface area contributed by atoms with Gasteiger partial charge in [0, 0.05) is 11.3 Å². The summed E-state index contributed by atoms with van der Waals surface area (Å²) in [6.45, 7) is 1.81. The van der Waals surface area contributed by atoms with Crippen LogP contribution in [0, 0.1) is 5.41 Å². The molecule has 0 aromatic heterocycles. The van der Waals surface area contributed by atoms with Crippen LogP contribution in [-0.2, 0) is 0 Å². The molecule has 0 unspecified atom stereocenters. The topological polar surface area (TPSA) is 49.9 Å². The van der Waals surface area contributed by atoms with Crippen molar-refractivity contribution in [2.75, 3.05) is 0 Å². The molecule has 0 fully saturated rings. The van der Waals surface area contributed by atoms with Gasteiger partial charge in [0.15, 0.2) is 0 Å². The predicted molar refractivity (Wildman–Crippen MR) is 41.3 cm³/mol. The molecular weight excluding hydrogens is 132 g/mol. The lowest BCUT2D eigenvalue weighted by Gasteiger charge is -1.95. The van der Waals surface area contributed by atoms with Gasteiger partial charge >= 0.3 is 0 Å². The number of thioether (sulfide) groups is 1. The van der Waals surface area contributed by atoms with E-state index in [0.29, 0.717) is 5.04 Å². The fourth-order valence-corrected chi connectivity index (χ4v) is 1.32. The van der Waals surface area contributed by atoms with E-state index in [1.807, 2.05) is 11.5 Å². The van der Waals surface area contributed by atoms with E-state index >= 15 is 0 Å². The Morgan fingerprint density at radius 3 is 2.67 bits per heavy atom. The SMILES string of the molecule is C/C(N)=C1\C=CSC1=N. The van der Waals surface area contributed by atoms with E-state index < -0.39 is 0 Å². The monoisotopic (exact) mass is 140 g/mol. The predicted octanol–water partition coefficient (Wildman–Crippen LogP) is 1.46. The fraction of sp³-hybridized carbons (Fsp3) is 0.167. The molecule has 0 saturated carbocycles. The lowest BCUT2D eigenvalue weighted by molar-refractivity contribution is 1.29. The molecule has 3 heteroatoms. The van der Waals surface area contributed by atoms with E-state index in [-0.39, 0.29) is 0 Å². The molecule has 0 bridgehead atoms.